The zero-order valence-electron chi connectivity index (χ0n) is 16.0. The van der Waals surface area contributed by atoms with Gasteiger partial charge in [-0.2, -0.15) is 0 Å². The fourth-order valence-corrected chi connectivity index (χ4v) is 3.28. The lowest BCUT2D eigenvalue weighted by Gasteiger charge is -2.33. The Balaban J connectivity index is 2.94. The van der Waals surface area contributed by atoms with Crippen molar-refractivity contribution in [1.82, 2.24) is 5.32 Å². The standard InChI is InChI=1S/C21H33NO2/c1-7-10-11-16(8-2)15-22-18-12-17(13-21(4,5)14-18)19(9-3)20(23)24-6/h3,12,16,22H,7-8,10-11,13-15H2,1-2,4-6H3/b19-17+. The van der Waals surface area contributed by atoms with E-state index in [1.165, 1.54) is 38.5 Å². The van der Waals surface area contributed by atoms with Crippen molar-refractivity contribution in [3.63, 3.8) is 0 Å². The summed E-state index contributed by atoms with van der Waals surface area (Å²) < 4.78 is 4.83. The highest BCUT2D eigenvalue weighted by Gasteiger charge is 2.28. The number of nitrogens with one attached hydrogen (secondary N) is 1. The van der Waals surface area contributed by atoms with Crippen LogP contribution in [0.25, 0.3) is 0 Å². The van der Waals surface area contributed by atoms with E-state index in [4.69, 9.17) is 11.2 Å². The fraction of sp³-hybridized carbons (Fsp3) is 0.667. The molecule has 1 unspecified atom stereocenters. The zero-order chi connectivity index (χ0) is 18.2. The van der Waals surface area contributed by atoms with Crippen molar-refractivity contribution in [2.45, 2.75) is 66.2 Å². The molecule has 1 atom stereocenters. The van der Waals surface area contributed by atoms with Gasteiger partial charge in [-0.25, -0.2) is 4.79 Å². The third kappa shape index (κ3) is 6.07. The lowest BCUT2D eigenvalue weighted by Crippen LogP contribution is -2.29. The molecule has 3 heteroatoms. The number of hydrogen-bond donors (Lipinski definition) is 1. The third-order valence-electron chi connectivity index (χ3n) is 4.70. The maximum atomic E-state index is 11.9. The van der Waals surface area contributed by atoms with Crippen molar-refractivity contribution in [3.8, 4) is 12.3 Å². The summed E-state index contributed by atoms with van der Waals surface area (Å²) in [6.07, 6.45) is 14.3. The van der Waals surface area contributed by atoms with Gasteiger partial charge in [0.1, 0.15) is 5.57 Å². The molecule has 0 aromatic rings. The van der Waals surface area contributed by atoms with Crippen LogP contribution >= 0.6 is 0 Å². The van der Waals surface area contributed by atoms with E-state index in [0.717, 1.165) is 25.0 Å². The van der Waals surface area contributed by atoms with Crippen LogP contribution in [0.5, 0.6) is 0 Å². The highest BCUT2D eigenvalue weighted by molar-refractivity contribution is 5.94. The Kier molecular flexibility index (Phi) is 8.11. The molecule has 1 rings (SSSR count). The number of esters is 1. The molecule has 0 aromatic carbocycles. The van der Waals surface area contributed by atoms with Crippen molar-refractivity contribution in [1.29, 1.82) is 0 Å². The van der Waals surface area contributed by atoms with Gasteiger partial charge in [-0.15, -0.1) is 6.42 Å². The zero-order valence-corrected chi connectivity index (χ0v) is 16.0. The molecule has 0 saturated carbocycles. The van der Waals surface area contributed by atoms with Gasteiger partial charge in [0.25, 0.3) is 0 Å². The third-order valence-corrected chi connectivity index (χ3v) is 4.70. The summed E-state index contributed by atoms with van der Waals surface area (Å²) in [5.41, 5.74) is 2.51. The molecule has 0 radical (unpaired) electrons. The van der Waals surface area contributed by atoms with Crippen molar-refractivity contribution >= 4 is 5.97 Å². The Morgan fingerprint density at radius 2 is 2.12 bits per heavy atom. The van der Waals surface area contributed by atoms with Gasteiger partial charge in [0.05, 0.1) is 7.11 Å². The first-order valence-electron chi connectivity index (χ1n) is 9.09. The number of unbranched alkanes of at least 4 members (excludes halogenated alkanes) is 1. The van der Waals surface area contributed by atoms with Gasteiger partial charge in [0.15, 0.2) is 0 Å². The molecule has 1 aliphatic rings. The lowest BCUT2D eigenvalue weighted by atomic mass is 9.76. The highest BCUT2D eigenvalue weighted by Crippen LogP contribution is 2.38. The Bertz CT molecular complexity index is 535. The molecule has 0 bridgehead atoms. The monoisotopic (exact) mass is 331 g/mol. The highest BCUT2D eigenvalue weighted by atomic mass is 16.5. The summed E-state index contributed by atoms with van der Waals surface area (Å²) in [5, 5.41) is 3.61. The molecule has 1 aliphatic carbocycles. The minimum atomic E-state index is -0.421. The first-order valence-corrected chi connectivity index (χ1v) is 9.09. The van der Waals surface area contributed by atoms with E-state index in [2.05, 4.69) is 45.0 Å². The Morgan fingerprint density at radius 1 is 1.42 bits per heavy atom. The fourth-order valence-electron chi connectivity index (χ4n) is 3.28. The number of carbonyl (C=O) groups is 1. The molecule has 0 aliphatic heterocycles. The lowest BCUT2D eigenvalue weighted by molar-refractivity contribution is -0.135. The predicted octanol–water partition coefficient (Wildman–Crippen LogP) is 4.60. The number of carbonyl (C=O) groups excluding carboxylic acids is 1. The van der Waals surface area contributed by atoms with Crippen LogP contribution in [-0.2, 0) is 9.53 Å². The van der Waals surface area contributed by atoms with Crippen LogP contribution in [-0.4, -0.2) is 19.6 Å². The smallest absolute Gasteiger partial charge is 0.346 e. The van der Waals surface area contributed by atoms with Crippen molar-refractivity contribution in [2.24, 2.45) is 11.3 Å². The van der Waals surface area contributed by atoms with E-state index in [0.29, 0.717) is 11.5 Å². The maximum absolute atomic E-state index is 11.9. The second-order valence-corrected chi connectivity index (χ2v) is 7.52. The molecule has 0 heterocycles. The number of ether oxygens (including phenoxy) is 1. The predicted molar refractivity (Wildman–Crippen MR) is 100 cm³/mol. The number of terminal acetylenes is 1. The molecule has 3 nitrogen and oxygen atoms in total. The summed E-state index contributed by atoms with van der Waals surface area (Å²) in [6.45, 7) is 9.88. The van der Waals surface area contributed by atoms with E-state index >= 15 is 0 Å². The Morgan fingerprint density at radius 3 is 2.67 bits per heavy atom. The van der Waals surface area contributed by atoms with Crippen molar-refractivity contribution < 1.29 is 9.53 Å². The number of hydrogen-bond acceptors (Lipinski definition) is 3. The average Bonchev–Trinajstić information content (AvgIpc) is 2.54. The molecule has 0 saturated heterocycles. The largest absolute Gasteiger partial charge is 0.465 e. The maximum Gasteiger partial charge on any atom is 0.346 e. The van der Waals surface area contributed by atoms with E-state index in [1.807, 2.05) is 0 Å². The van der Waals surface area contributed by atoms with Crippen LogP contribution in [0.2, 0.25) is 0 Å². The van der Waals surface area contributed by atoms with Gasteiger partial charge in [-0.05, 0) is 42.2 Å². The van der Waals surface area contributed by atoms with E-state index in [-0.39, 0.29) is 5.41 Å². The minimum absolute atomic E-state index is 0.0771. The van der Waals surface area contributed by atoms with Gasteiger partial charge in [0.2, 0.25) is 0 Å². The quantitative estimate of drug-likeness (QED) is 0.401. The van der Waals surface area contributed by atoms with Gasteiger partial charge in [-0.1, -0.05) is 52.9 Å². The van der Waals surface area contributed by atoms with Gasteiger partial charge in [-0.3, -0.25) is 0 Å². The molecule has 24 heavy (non-hydrogen) atoms. The molecular weight excluding hydrogens is 298 g/mol. The summed E-state index contributed by atoms with van der Waals surface area (Å²) >= 11 is 0. The normalized spacial score (nSPS) is 19.8. The Hall–Kier alpha value is -1.69. The van der Waals surface area contributed by atoms with Gasteiger partial charge < -0.3 is 10.1 Å². The first kappa shape index (κ1) is 20.4. The average molecular weight is 332 g/mol. The topological polar surface area (TPSA) is 38.3 Å². The van der Waals surface area contributed by atoms with Crippen LogP contribution in [0, 0.1) is 23.7 Å². The molecule has 0 aromatic heterocycles. The Labute approximate surface area is 147 Å². The minimum Gasteiger partial charge on any atom is -0.465 e. The number of methoxy groups -OCH3 is 1. The second-order valence-electron chi connectivity index (χ2n) is 7.52. The van der Waals surface area contributed by atoms with E-state index in [9.17, 15) is 4.79 Å². The van der Waals surface area contributed by atoms with Gasteiger partial charge >= 0.3 is 5.97 Å². The number of rotatable bonds is 8. The van der Waals surface area contributed by atoms with Crippen LogP contribution in [0.15, 0.2) is 22.9 Å². The van der Waals surface area contributed by atoms with Crippen LogP contribution < -0.4 is 5.32 Å². The summed E-state index contributed by atoms with van der Waals surface area (Å²) in [7, 11) is 1.37. The van der Waals surface area contributed by atoms with Crippen molar-refractivity contribution in [3.05, 3.63) is 22.9 Å². The second kappa shape index (κ2) is 9.57. The molecular formula is C21H33NO2. The van der Waals surface area contributed by atoms with E-state index in [1.54, 1.807) is 0 Å². The van der Waals surface area contributed by atoms with Gasteiger partial charge in [0, 0.05) is 12.2 Å². The summed E-state index contributed by atoms with van der Waals surface area (Å²) in [5.74, 6) is 2.79. The van der Waals surface area contributed by atoms with Crippen LogP contribution in [0.1, 0.15) is 66.2 Å². The molecule has 0 fully saturated rings. The molecule has 0 spiro atoms. The molecule has 134 valence electrons. The summed E-state index contributed by atoms with van der Waals surface area (Å²) in [6, 6.07) is 0. The number of allylic oxidation sites excluding steroid dienone is 3. The SMILES string of the molecule is C#C/C(C(=O)OC)=C1/C=C(NCC(CC)CCCC)CC(C)(C)C1. The van der Waals surface area contributed by atoms with Crippen LogP contribution in [0.3, 0.4) is 0 Å². The molecule has 0 amide bonds. The molecule has 1 N–H and O–H groups in total. The van der Waals surface area contributed by atoms with Crippen molar-refractivity contribution in [2.75, 3.05) is 13.7 Å². The van der Waals surface area contributed by atoms with Crippen LogP contribution in [0.4, 0.5) is 0 Å². The summed E-state index contributed by atoms with van der Waals surface area (Å²) in [4.78, 5) is 11.9. The van der Waals surface area contributed by atoms with E-state index < -0.39 is 5.97 Å². The first-order chi connectivity index (χ1) is 11.4.